The topological polar surface area (TPSA) is 24.7 Å². The second-order valence-corrected chi connectivity index (χ2v) is 2.76. The van der Waals surface area contributed by atoms with E-state index < -0.39 is 0 Å². The summed E-state index contributed by atoms with van der Waals surface area (Å²) in [6.45, 7) is 0. The summed E-state index contributed by atoms with van der Waals surface area (Å²) >= 11 is 3.21. The van der Waals surface area contributed by atoms with Crippen molar-refractivity contribution in [3.8, 4) is 0 Å². The molecule has 0 aliphatic rings. The summed E-state index contributed by atoms with van der Waals surface area (Å²) in [7, 11) is 0. The molecule has 0 unspecified atom stereocenters. The minimum Gasteiger partial charge on any atom is -0.163 e. The minimum absolute atomic E-state index is 0.735. The number of alkyl halides is 1. The van der Waals surface area contributed by atoms with Crippen LogP contribution in [0.1, 0.15) is 5.56 Å². The van der Waals surface area contributed by atoms with Crippen molar-refractivity contribution in [1.82, 2.24) is 0 Å². The second-order valence-electron chi connectivity index (χ2n) is 2.11. The zero-order chi connectivity index (χ0) is 8.65. The summed E-state index contributed by atoms with van der Waals surface area (Å²) in [5.41, 5.74) is 1.06. The van der Waals surface area contributed by atoms with Gasteiger partial charge in [-0.25, -0.2) is 0 Å². The highest BCUT2D eigenvalue weighted by atomic mass is 79.9. The number of hydrogen-bond acceptors (Lipinski definition) is 2. The van der Waals surface area contributed by atoms with Crippen LogP contribution in [-0.4, -0.2) is 17.8 Å². The maximum atomic E-state index is 3.85. The molecule has 0 aliphatic carbocycles. The van der Waals surface area contributed by atoms with Crippen LogP contribution in [0.25, 0.3) is 0 Å². The molecule has 0 radical (unpaired) electrons. The average molecular weight is 225 g/mol. The van der Waals surface area contributed by atoms with Gasteiger partial charge in [0.25, 0.3) is 0 Å². The number of halogens is 1. The molecule has 0 atom stereocenters. The van der Waals surface area contributed by atoms with Crippen molar-refractivity contribution in [2.75, 3.05) is 5.33 Å². The van der Waals surface area contributed by atoms with E-state index in [9.17, 15) is 0 Å². The molecule has 0 amide bonds. The molecule has 0 bridgehead atoms. The van der Waals surface area contributed by atoms with Gasteiger partial charge in [-0.3, -0.25) is 0 Å². The Morgan fingerprint density at radius 3 is 2.58 bits per heavy atom. The van der Waals surface area contributed by atoms with Crippen molar-refractivity contribution < 1.29 is 0 Å². The molecule has 1 aromatic carbocycles. The lowest BCUT2D eigenvalue weighted by Crippen LogP contribution is -1.77. The summed E-state index contributed by atoms with van der Waals surface area (Å²) in [5.74, 6) is 0. The summed E-state index contributed by atoms with van der Waals surface area (Å²) in [5, 5.41) is 8.36. The van der Waals surface area contributed by atoms with Gasteiger partial charge < -0.3 is 0 Å². The minimum atomic E-state index is 0.735. The van der Waals surface area contributed by atoms with Gasteiger partial charge >= 0.3 is 0 Å². The summed E-state index contributed by atoms with van der Waals surface area (Å²) in [4.78, 5) is 0. The van der Waals surface area contributed by atoms with E-state index in [2.05, 4.69) is 26.1 Å². The third-order valence-corrected chi connectivity index (χ3v) is 1.51. The molecule has 1 aromatic rings. The van der Waals surface area contributed by atoms with Crippen molar-refractivity contribution in [3.63, 3.8) is 0 Å². The molecule has 12 heavy (non-hydrogen) atoms. The standard InChI is InChI=1S/C9H9BrN2/c10-6-7-11-12-8-9-4-2-1-3-5-9/h1-5,7-8H,6H2. The van der Waals surface area contributed by atoms with Crippen LogP contribution >= 0.6 is 15.9 Å². The number of rotatable bonds is 3. The van der Waals surface area contributed by atoms with Crippen molar-refractivity contribution in [2.45, 2.75) is 0 Å². The number of hydrogen-bond donors (Lipinski definition) is 0. The molecular weight excluding hydrogens is 216 g/mol. The van der Waals surface area contributed by atoms with Crippen molar-refractivity contribution >= 4 is 28.4 Å². The van der Waals surface area contributed by atoms with Crippen LogP contribution in [0.15, 0.2) is 40.5 Å². The van der Waals surface area contributed by atoms with Gasteiger partial charge in [-0.15, -0.1) is 0 Å². The van der Waals surface area contributed by atoms with Gasteiger partial charge in [0.15, 0.2) is 0 Å². The molecule has 0 aliphatic heterocycles. The molecule has 0 saturated carbocycles. The Morgan fingerprint density at radius 1 is 1.17 bits per heavy atom. The predicted octanol–water partition coefficient (Wildman–Crippen LogP) is 2.49. The van der Waals surface area contributed by atoms with Gasteiger partial charge in [0, 0.05) is 11.5 Å². The SMILES string of the molecule is BrCC=NN=Cc1ccccc1. The van der Waals surface area contributed by atoms with Crippen LogP contribution in [0.3, 0.4) is 0 Å². The highest BCUT2D eigenvalue weighted by molar-refractivity contribution is 9.09. The molecule has 62 valence electrons. The Bertz CT molecular complexity index is 267. The molecular formula is C9H9BrN2. The molecule has 0 spiro atoms. The van der Waals surface area contributed by atoms with E-state index in [1.165, 1.54) is 0 Å². The summed E-state index contributed by atoms with van der Waals surface area (Å²) < 4.78 is 0. The summed E-state index contributed by atoms with van der Waals surface area (Å²) in [6.07, 6.45) is 3.42. The molecule has 0 fully saturated rings. The lowest BCUT2D eigenvalue weighted by molar-refractivity contribution is 1.26. The van der Waals surface area contributed by atoms with Crippen molar-refractivity contribution in [1.29, 1.82) is 0 Å². The van der Waals surface area contributed by atoms with Crippen LogP contribution in [-0.2, 0) is 0 Å². The van der Waals surface area contributed by atoms with Crippen LogP contribution in [0.2, 0.25) is 0 Å². The fourth-order valence-corrected chi connectivity index (χ4v) is 0.847. The van der Waals surface area contributed by atoms with E-state index in [4.69, 9.17) is 0 Å². The maximum Gasteiger partial charge on any atom is 0.0567 e. The van der Waals surface area contributed by atoms with Crippen LogP contribution in [0.4, 0.5) is 0 Å². The second kappa shape index (κ2) is 5.66. The van der Waals surface area contributed by atoms with Crippen LogP contribution in [0.5, 0.6) is 0 Å². The molecule has 1 rings (SSSR count). The Labute approximate surface area is 80.2 Å². The zero-order valence-electron chi connectivity index (χ0n) is 6.52. The van der Waals surface area contributed by atoms with Gasteiger partial charge in [-0.2, -0.15) is 10.2 Å². The van der Waals surface area contributed by atoms with Gasteiger partial charge in [-0.1, -0.05) is 46.3 Å². The Balaban J connectivity index is 2.52. The van der Waals surface area contributed by atoms with Gasteiger partial charge in [0.1, 0.15) is 0 Å². The molecule has 0 aromatic heterocycles. The average Bonchev–Trinajstić information content (AvgIpc) is 2.14. The Hall–Kier alpha value is -0.960. The van der Waals surface area contributed by atoms with E-state index in [1.54, 1.807) is 12.4 Å². The van der Waals surface area contributed by atoms with E-state index >= 15 is 0 Å². The fourth-order valence-electron chi connectivity index (χ4n) is 0.717. The smallest absolute Gasteiger partial charge is 0.0567 e. The highest BCUT2D eigenvalue weighted by Crippen LogP contribution is 1.93. The summed E-state index contributed by atoms with van der Waals surface area (Å²) in [6, 6.07) is 9.87. The van der Waals surface area contributed by atoms with Gasteiger partial charge in [0.05, 0.1) is 6.21 Å². The molecule has 0 saturated heterocycles. The first-order valence-corrected chi connectivity index (χ1v) is 4.71. The molecule has 2 nitrogen and oxygen atoms in total. The first-order chi connectivity index (χ1) is 5.93. The lowest BCUT2D eigenvalue weighted by atomic mass is 10.2. The van der Waals surface area contributed by atoms with Crippen molar-refractivity contribution in [2.24, 2.45) is 10.2 Å². The predicted molar refractivity (Wildman–Crippen MR) is 56.3 cm³/mol. The van der Waals surface area contributed by atoms with E-state index in [1.807, 2.05) is 30.3 Å². The fraction of sp³-hybridized carbons (Fsp3) is 0.111. The third-order valence-electron chi connectivity index (χ3n) is 1.22. The normalized spacial score (nSPS) is 11.4. The third kappa shape index (κ3) is 3.44. The maximum absolute atomic E-state index is 3.85. The molecule has 3 heteroatoms. The van der Waals surface area contributed by atoms with Crippen LogP contribution < -0.4 is 0 Å². The van der Waals surface area contributed by atoms with E-state index in [-0.39, 0.29) is 0 Å². The largest absolute Gasteiger partial charge is 0.163 e. The Morgan fingerprint density at radius 2 is 1.92 bits per heavy atom. The first-order valence-electron chi connectivity index (χ1n) is 3.59. The van der Waals surface area contributed by atoms with E-state index in [0.29, 0.717) is 0 Å². The van der Waals surface area contributed by atoms with Gasteiger partial charge in [0.2, 0.25) is 0 Å². The molecule has 0 N–H and O–H groups in total. The number of nitrogens with zero attached hydrogens (tertiary/aromatic N) is 2. The Kier molecular flexibility index (Phi) is 4.31. The van der Waals surface area contributed by atoms with E-state index in [0.717, 1.165) is 10.9 Å². The first kappa shape index (κ1) is 9.13. The molecule has 0 heterocycles. The van der Waals surface area contributed by atoms with Gasteiger partial charge in [-0.05, 0) is 5.56 Å². The number of benzene rings is 1. The van der Waals surface area contributed by atoms with Crippen LogP contribution in [0, 0.1) is 0 Å². The lowest BCUT2D eigenvalue weighted by Gasteiger charge is -1.86. The quantitative estimate of drug-likeness (QED) is 0.429. The monoisotopic (exact) mass is 224 g/mol. The highest BCUT2D eigenvalue weighted by Gasteiger charge is 1.80. The van der Waals surface area contributed by atoms with Crippen molar-refractivity contribution in [3.05, 3.63) is 35.9 Å². The zero-order valence-corrected chi connectivity index (χ0v) is 8.11.